The van der Waals surface area contributed by atoms with Crippen molar-refractivity contribution in [2.24, 2.45) is 0 Å². The SMILES string of the molecule is COc1ccc(N2C(=O)C[C@H](N3CCc4c([nH]c5ccc(OC)cc45)C3)C2=O)cc1. The highest BCUT2D eigenvalue weighted by molar-refractivity contribution is 6.22. The molecule has 1 aromatic heterocycles. The van der Waals surface area contributed by atoms with E-state index < -0.39 is 6.04 Å². The number of hydrogen-bond acceptors (Lipinski definition) is 5. The van der Waals surface area contributed by atoms with Crippen LogP contribution in [0.5, 0.6) is 11.5 Å². The molecule has 1 N–H and O–H groups in total. The van der Waals surface area contributed by atoms with Crippen LogP contribution in [0.2, 0.25) is 0 Å². The first kappa shape index (κ1) is 18.7. The van der Waals surface area contributed by atoms with E-state index in [1.54, 1.807) is 38.5 Å². The molecule has 0 bridgehead atoms. The highest BCUT2D eigenvalue weighted by atomic mass is 16.5. The summed E-state index contributed by atoms with van der Waals surface area (Å²) in [6.45, 7) is 1.35. The number of ether oxygens (including phenoxy) is 2. The Labute approximate surface area is 174 Å². The number of H-pyrrole nitrogens is 1. The van der Waals surface area contributed by atoms with Gasteiger partial charge in [-0.05, 0) is 54.4 Å². The second-order valence-electron chi connectivity index (χ2n) is 7.70. The number of amides is 2. The van der Waals surface area contributed by atoms with Gasteiger partial charge in [0.15, 0.2) is 0 Å². The van der Waals surface area contributed by atoms with Gasteiger partial charge in [0.05, 0.1) is 32.4 Å². The van der Waals surface area contributed by atoms with Crippen LogP contribution in [0.25, 0.3) is 10.9 Å². The van der Waals surface area contributed by atoms with Crippen LogP contribution < -0.4 is 14.4 Å². The Balaban J connectivity index is 1.39. The highest BCUT2D eigenvalue weighted by Crippen LogP contribution is 2.33. The number of rotatable bonds is 4. The number of aromatic nitrogens is 1. The molecule has 0 spiro atoms. The van der Waals surface area contributed by atoms with Gasteiger partial charge in [-0.3, -0.25) is 14.5 Å². The quantitative estimate of drug-likeness (QED) is 0.676. The van der Waals surface area contributed by atoms with Crippen molar-refractivity contribution in [2.45, 2.75) is 25.4 Å². The third-order valence-corrected chi connectivity index (χ3v) is 6.11. The van der Waals surface area contributed by atoms with Gasteiger partial charge < -0.3 is 14.5 Å². The van der Waals surface area contributed by atoms with E-state index in [9.17, 15) is 9.59 Å². The van der Waals surface area contributed by atoms with Gasteiger partial charge in [-0.1, -0.05) is 0 Å². The van der Waals surface area contributed by atoms with E-state index in [4.69, 9.17) is 9.47 Å². The molecule has 1 fully saturated rings. The van der Waals surface area contributed by atoms with Crippen molar-refractivity contribution in [3.8, 4) is 11.5 Å². The van der Waals surface area contributed by atoms with Gasteiger partial charge in [0.25, 0.3) is 5.91 Å². The Kier molecular flexibility index (Phi) is 4.47. The molecule has 0 radical (unpaired) electrons. The number of benzene rings is 2. The lowest BCUT2D eigenvalue weighted by Crippen LogP contribution is -2.44. The number of imide groups is 1. The molecule has 3 aromatic rings. The Morgan fingerprint density at radius 2 is 1.73 bits per heavy atom. The number of methoxy groups -OCH3 is 2. The minimum atomic E-state index is -0.436. The van der Waals surface area contributed by atoms with Crippen molar-refractivity contribution >= 4 is 28.4 Å². The Hall–Kier alpha value is -3.32. The zero-order chi connectivity index (χ0) is 20.8. The summed E-state index contributed by atoms with van der Waals surface area (Å²) in [5.74, 6) is 1.19. The molecule has 7 heteroatoms. The van der Waals surface area contributed by atoms with Gasteiger partial charge in [-0.2, -0.15) is 0 Å². The third kappa shape index (κ3) is 2.93. The number of hydrogen-bond donors (Lipinski definition) is 1. The van der Waals surface area contributed by atoms with Crippen molar-refractivity contribution in [1.82, 2.24) is 9.88 Å². The van der Waals surface area contributed by atoms with Gasteiger partial charge in [0, 0.05) is 29.7 Å². The average molecular weight is 405 g/mol. The van der Waals surface area contributed by atoms with E-state index in [1.807, 2.05) is 12.1 Å². The van der Waals surface area contributed by atoms with E-state index in [1.165, 1.54) is 10.5 Å². The molecule has 2 aliphatic rings. The number of carbonyl (C=O) groups excluding carboxylic acids is 2. The van der Waals surface area contributed by atoms with Gasteiger partial charge in [-0.25, -0.2) is 4.90 Å². The molecular formula is C23H23N3O4. The van der Waals surface area contributed by atoms with Crippen LogP contribution >= 0.6 is 0 Å². The van der Waals surface area contributed by atoms with Crippen LogP contribution in [0.4, 0.5) is 5.69 Å². The molecule has 30 heavy (non-hydrogen) atoms. The lowest BCUT2D eigenvalue weighted by Gasteiger charge is -2.30. The summed E-state index contributed by atoms with van der Waals surface area (Å²) in [7, 11) is 3.25. The summed E-state index contributed by atoms with van der Waals surface area (Å²) in [6, 6.07) is 12.6. The van der Waals surface area contributed by atoms with Gasteiger partial charge in [0.1, 0.15) is 11.5 Å². The lowest BCUT2D eigenvalue weighted by atomic mass is 10.0. The molecule has 1 atom stereocenters. The summed E-state index contributed by atoms with van der Waals surface area (Å²) < 4.78 is 10.5. The lowest BCUT2D eigenvalue weighted by molar-refractivity contribution is -0.123. The minimum Gasteiger partial charge on any atom is -0.497 e. The van der Waals surface area contributed by atoms with E-state index in [0.29, 0.717) is 18.0 Å². The first-order valence-electron chi connectivity index (χ1n) is 10.0. The van der Waals surface area contributed by atoms with Crippen LogP contribution in [0, 0.1) is 0 Å². The summed E-state index contributed by atoms with van der Waals surface area (Å²) in [5, 5.41) is 1.16. The topological polar surface area (TPSA) is 74.9 Å². The average Bonchev–Trinajstić information content (AvgIpc) is 3.29. The Bertz CT molecular complexity index is 1140. The summed E-state index contributed by atoms with van der Waals surface area (Å²) >= 11 is 0. The van der Waals surface area contributed by atoms with Gasteiger partial charge >= 0.3 is 0 Å². The molecule has 0 aliphatic carbocycles. The van der Waals surface area contributed by atoms with Crippen LogP contribution in [0.15, 0.2) is 42.5 Å². The molecule has 0 saturated carbocycles. The Morgan fingerprint density at radius 3 is 2.47 bits per heavy atom. The van der Waals surface area contributed by atoms with Crippen LogP contribution in [0.3, 0.4) is 0 Å². The minimum absolute atomic E-state index is 0.161. The van der Waals surface area contributed by atoms with Crippen LogP contribution in [-0.2, 0) is 22.6 Å². The predicted octanol–water partition coefficient (Wildman–Crippen LogP) is 2.88. The van der Waals surface area contributed by atoms with Crippen molar-refractivity contribution in [2.75, 3.05) is 25.7 Å². The fourth-order valence-corrected chi connectivity index (χ4v) is 4.54. The predicted molar refractivity (Wildman–Crippen MR) is 113 cm³/mol. The summed E-state index contributed by atoms with van der Waals surface area (Å²) in [6.07, 6.45) is 1.03. The van der Waals surface area contributed by atoms with E-state index in [-0.39, 0.29) is 18.2 Å². The fourth-order valence-electron chi connectivity index (χ4n) is 4.54. The Morgan fingerprint density at radius 1 is 1.00 bits per heavy atom. The number of nitrogens with one attached hydrogen (secondary N) is 1. The molecule has 2 aliphatic heterocycles. The van der Waals surface area contributed by atoms with Gasteiger partial charge in [-0.15, -0.1) is 0 Å². The van der Waals surface area contributed by atoms with E-state index >= 15 is 0 Å². The number of nitrogens with zero attached hydrogens (tertiary/aromatic N) is 2. The van der Waals surface area contributed by atoms with Crippen molar-refractivity contribution in [3.05, 3.63) is 53.7 Å². The molecule has 5 rings (SSSR count). The first-order chi connectivity index (χ1) is 14.6. The largest absolute Gasteiger partial charge is 0.497 e. The zero-order valence-electron chi connectivity index (χ0n) is 17.0. The molecule has 1 saturated heterocycles. The van der Waals surface area contributed by atoms with E-state index in [2.05, 4.69) is 16.0 Å². The molecular weight excluding hydrogens is 382 g/mol. The van der Waals surface area contributed by atoms with Gasteiger partial charge in [0.2, 0.25) is 5.91 Å². The van der Waals surface area contributed by atoms with E-state index in [0.717, 1.165) is 35.3 Å². The standard InChI is InChI=1S/C23H23N3O4/c1-29-15-5-3-14(4-6-15)26-22(27)12-21(23(26)28)25-10-9-17-18-11-16(30-2)7-8-19(18)24-20(17)13-25/h3-8,11,21,24H,9-10,12-13H2,1-2H3/t21-/m0/s1. The normalized spacial score (nSPS) is 19.4. The monoisotopic (exact) mass is 405 g/mol. The maximum Gasteiger partial charge on any atom is 0.251 e. The second-order valence-corrected chi connectivity index (χ2v) is 7.70. The number of anilines is 1. The van der Waals surface area contributed by atoms with Crippen LogP contribution in [0.1, 0.15) is 17.7 Å². The molecule has 154 valence electrons. The van der Waals surface area contributed by atoms with Crippen LogP contribution in [-0.4, -0.2) is 48.5 Å². The highest BCUT2D eigenvalue weighted by Gasteiger charge is 2.43. The maximum absolute atomic E-state index is 13.1. The summed E-state index contributed by atoms with van der Waals surface area (Å²) in [4.78, 5) is 32.7. The third-order valence-electron chi connectivity index (χ3n) is 6.11. The molecule has 3 heterocycles. The molecule has 7 nitrogen and oxygen atoms in total. The fraction of sp³-hybridized carbons (Fsp3) is 0.304. The number of aromatic amines is 1. The zero-order valence-corrected chi connectivity index (χ0v) is 17.0. The maximum atomic E-state index is 13.1. The second kappa shape index (κ2) is 7.18. The number of carbonyl (C=O) groups is 2. The molecule has 2 amide bonds. The molecule has 0 unspecified atom stereocenters. The smallest absolute Gasteiger partial charge is 0.251 e. The first-order valence-corrected chi connectivity index (χ1v) is 10.0. The van der Waals surface area contributed by atoms with Crippen molar-refractivity contribution in [3.63, 3.8) is 0 Å². The summed E-state index contributed by atoms with van der Waals surface area (Å²) in [5.41, 5.74) is 4.02. The van der Waals surface area contributed by atoms with Crippen molar-refractivity contribution in [1.29, 1.82) is 0 Å². The number of fused-ring (bicyclic) bond motifs is 3. The van der Waals surface area contributed by atoms with Crippen molar-refractivity contribution < 1.29 is 19.1 Å². The molecule has 2 aromatic carbocycles.